The molecule has 1 atom stereocenters. The van der Waals surface area contributed by atoms with Crippen LogP contribution < -0.4 is 0 Å². The minimum absolute atomic E-state index is 0.148. The van der Waals surface area contributed by atoms with Crippen molar-refractivity contribution < 1.29 is 62.6 Å². The van der Waals surface area contributed by atoms with Crippen LogP contribution in [0.25, 0.3) is 0 Å². The highest BCUT2D eigenvalue weighted by molar-refractivity contribution is 5.78. The third kappa shape index (κ3) is 5.07. The summed E-state index contributed by atoms with van der Waals surface area (Å²) in [6.07, 6.45) is -20.3. The number of hydrogen-bond donors (Lipinski definition) is 0. The highest BCUT2D eigenvalue weighted by Crippen LogP contribution is 2.51. The van der Waals surface area contributed by atoms with Gasteiger partial charge in [0.1, 0.15) is 0 Å². The van der Waals surface area contributed by atoms with Crippen molar-refractivity contribution in [2.75, 3.05) is 6.61 Å². The van der Waals surface area contributed by atoms with E-state index in [4.69, 9.17) is 0 Å². The minimum Gasteiger partial charge on any atom is -0.461 e. The van der Waals surface area contributed by atoms with E-state index in [2.05, 4.69) is 4.74 Å². The number of carbonyl (C=O) groups is 1. The number of halogens is 11. The molecule has 0 unspecified atom stereocenters. The van der Waals surface area contributed by atoms with Crippen LogP contribution in [0.4, 0.5) is 48.3 Å². The van der Waals surface area contributed by atoms with E-state index < -0.39 is 42.8 Å². The second-order valence-corrected chi connectivity index (χ2v) is 4.63. The van der Waals surface area contributed by atoms with Gasteiger partial charge < -0.3 is 4.74 Å². The first-order chi connectivity index (χ1) is 10.9. The molecular formula is C11H11F11O3. The topological polar surface area (TPSA) is 35.5 Å². The molecule has 0 aromatic carbocycles. The fourth-order valence-electron chi connectivity index (χ4n) is 1.23. The Balaban J connectivity index is 5.59. The molecule has 0 aliphatic heterocycles. The summed E-state index contributed by atoms with van der Waals surface area (Å²) in [6, 6.07) is 0. The molecule has 0 aliphatic carbocycles. The summed E-state index contributed by atoms with van der Waals surface area (Å²) in [5.41, 5.74) is 0. The summed E-state index contributed by atoms with van der Waals surface area (Å²) in [7, 11) is 0. The Kier molecular flexibility index (Phi) is 7.09. The van der Waals surface area contributed by atoms with E-state index in [0.29, 0.717) is 6.42 Å². The predicted molar refractivity (Wildman–Crippen MR) is 57.4 cm³/mol. The monoisotopic (exact) mass is 400 g/mol. The average Bonchev–Trinajstić information content (AvgIpc) is 2.40. The van der Waals surface area contributed by atoms with Gasteiger partial charge in [-0.2, -0.15) is 48.3 Å². The fraction of sp³-hybridized carbons (Fsp3) is 0.909. The van der Waals surface area contributed by atoms with Gasteiger partial charge >= 0.3 is 36.2 Å². The number of ether oxygens (including phenoxy) is 2. The second kappa shape index (κ2) is 7.50. The fourth-order valence-corrected chi connectivity index (χ4v) is 1.23. The van der Waals surface area contributed by atoms with Gasteiger partial charge in [-0.15, -0.1) is 0 Å². The zero-order chi connectivity index (χ0) is 20.3. The molecule has 150 valence electrons. The van der Waals surface area contributed by atoms with Crippen LogP contribution in [-0.4, -0.2) is 42.8 Å². The van der Waals surface area contributed by atoms with Gasteiger partial charge in [0.15, 0.2) is 0 Å². The zero-order valence-corrected chi connectivity index (χ0v) is 12.2. The lowest BCUT2D eigenvalue weighted by Crippen LogP contribution is -2.61. The highest BCUT2D eigenvalue weighted by Gasteiger charge is 2.80. The molecule has 0 bridgehead atoms. The summed E-state index contributed by atoms with van der Waals surface area (Å²) >= 11 is 0. The third-order valence-corrected chi connectivity index (χ3v) is 2.60. The Morgan fingerprint density at radius 3 is 1.64 bits per heavy atom. The molecule has 0 spiro atoms. The molecule has 0 radical (unpaired) electrons. The van der Waals surface area contributed by atoms with E-state index in [0.717, 1.165) is 0 Å². The lowest BCUT2D eigenvalue weighted by atomic mass is 10.2. The number of hydrogen-bond acceptors (Lipinski definition) is 3. The number of alkyl halides is 11. The Bertz CT molecular complexity index is 457. The smallest absolute Gasteiger partial charge is 0.461 e. The maximum atomic E-state index is 13.6. The van der Waals surface area contributed by atoms with Gasteiger partial charge in [0.2, 0.25) is 0 Å². The Hall–Kier alpha value is -1.34. The minimum atomic E-state index is -7.22. The van der Waals surface area contributed by atoms with Gasteiger partial charge in [0.05, 0.1) is 6.61 Å². The molecule has 14 heteroatoms. The molecule has 3 nitrogen and oxygen atoms in total. The lowest BCUT2D eigenvalue weighted by molar-refractivity contribution is -0.475. The van der Waals surface area contributed by atoms with Crippen LogP contribution in [0.5, 0.6) is 0 Å². The van der Waals surface area contributed by atoms with Gasteiger partial charge in [-0.3, -0.25) is 4.74 Å². The van der Waals surface area contributed by atoms with Crippen LogP contribution in [0.2, 0.25) is 0 Å². The van der Waals surface area contributed by atoms with Crippen molar-refractivity contribution in [3.63, 3.8) is 0 Å². The Labute approximate surface area is 133 Å². The first-order valence-electron chi connectivity index (χ1n) is 6.39. The number of rotatable bonds is 8. The normalized spacial score (nSPS) is 16.5. The maximum Gasteiger partial charge on any atom is 0.462 e. The Morgan fingerprint density at radius 2 is 1.28 bits per heavy atom. The molecule has 0 amide bonds. The van der Waals surface area contributed by atoms with Gasteiger partial charge in [-0.25, -0.2) is 4.79 Å². The first kappa shape index (κ1) is 23.7. The van der Waals surface area contributed by atoms with Crippen molar-refractivity contribution in [2.24, 2.45) is 0 Å². The van der Waals surface area contributed by atoms with E-state index in [-0.39, 0.29) is 12.8 Å². The summed E-state index contributed by atoms with van der Waals surface area (Å²) in [5, 5.41) is 0. The molecule has 0 fully saturated rings. The van der Waals surface area contributed by atoms with Gasteiger partial charge in [-0.05, 0) is 6.42 Å². The van der Waals surface area contributed by atoms with Crippen LogP contribution in [0.3, 0.4) is 0 Å². The number of esters is 1. The van der Waals surface area contributed by atoms with Crippen LogP contribution in [0, 0.1) is 0 Å². The zero-order valence-electron chi connectivity index (χ0n) is 12.2. The Morgan fingerprint density at radius 1 is 0.800 bits per heavy atom. The number of unbranched alkanes of at least 4 members (excludes halogenated alkanes) is 2. The van der Waals surface area contributed by atoms with E-state index in [1.54, 1.807) is 6.92 Å². The van der Waals surface area contributed by atoms with Crippen LogP contribution in [0.15, 0.2) is 0 Å². The molecule has 0 saturated heterocycles. The van der Waals surface area contributed by atoms with Gasteiger partial charge in [0, 0.05) is 0 Å². The first-order valence-corrected chi connectivity index (χ1v) is 6.39. The summed E-state index contributed by atoms with van der Waals surface area (Å²) in [6.45, 7) is 0.666. The summed E-state index contributed by atoms with van der Waals surface area (Å²) < 4.78 is 143. The van der Waals surface area contributed by atoms with Crippen molar-refractivity contribution in [2.45, 2.75) is 56.4 Å². The lowest BCUT2D eigenvalue weighted by Gasteiger charge is -2.33. The van der Waals surface area contributed by atoms with E-state index in [1.807, 2.05) is 4.74 Å². The SMILES string of the molecule is CCCCCOC(=O)[C@@](F)(OC(F)(F)C(F)(F)C(F)(F)F)C(F)(F)F. The van der Waals surface area contributed by atoms with Crippen molar-refractivity contribution in [3.05, 3.63) is 0 Å². The molecule has 0 aromatic heterocycles. The molecular weight excluding hydrogens is 389 g/mol. The van der Waals surface area contributed by atoms with Crippen LogP contribution in [-0.2, 0) is 14.3 Å². The van der Waals surface area contributed by atoms with Crippen molar-refractivity contribution in [3.8, 4) is 0 Å². The van der Waals surface area contributed by atoms with Crippen molar-refractivity contribution >= 4 is 5.97 Å². The van der Waals surface area contributed by atoms with Crippen LogP contribution >= 0.6 is 0 Å². The molecule has 0 N–H and O–H groups in total. The standard InChI is InChI=1S/C11H11F11O3/c1-2-3-4-5-24-6(23)7(12,9(15,16)17)25-11(21,22)8(13,14)10(18,19)20/h2-5H2,1H3/t7-/m1/s1. The highest BCUT2D eigenvalue weighted by atomic mass is 19.4. The quantitative estimate of drug-likeness (QED) is 0.335. The molecule has 25 heavy (non-hydrogen) atoms. The summed E-state index contributed by atoms with van der Waals surface area (Å²) in [4.78, 5) is 11.0. The molecule has 0 rings (SSSR count). The van der Waals surface area contributed by atoms with Crippen molar-refractivity contribution in [1.29, 1.82) is 0 Å². The van der Waals surface area contributed by atoms with E-state index in [1.165, 1.54) is 0 Å². The molecule has 0 aromatic rings. The summed E-state index contributed by atoms with van der Waals surface area (Å²) in [5.74, 6) is -16.7. The maximum absolute atomic E-state index is 13.6. The second-order valence-electron chi connectivity index (χ2n) is 4.63. The predicted octanol–water partition coefficient (Wildman–Crippen LogP) is 4.75. The molecule has 0 saturated carbocycles. The van der Waals surface area contributed by atoms with E-state index >= 15 is 0 Å². The molecule has 0 aliphatic rings. The van der Waals surface area contributed by atoms with E-state index in [9.17, 15) is 53.1 Å². The average molecular weight is 400 g/mol. The number of carbonyl (C=O) groups excluding carboxylic acids is 1. The van der Waals surface area contributed by atoms with Crippen LogP contribution in [0.1, 0.15) is 26.2 Å². The van der Waals surface area contributed by atoms with Gasteiger partial charge in [-0.1, -0.05) is 19.8 Å². The third-order valence-electron chi connectivity index (χ3n) is 2.60. The van der Waals surface area contributed by atoms with Gasteiger partial charge in [0.25, 0.3) is 0 Å². The largest absolute Gasteiger partial charge is 0.462 e. The molecule has 0 heterocycles. The van der Waals surface area contributed by atoms with Crippen molar-refractivity contribution in [1.82, 2.24) is 0 Å².